The van der Waals surface area contributed by atoms with Crippen molar-refractivity contribution in [2.45, 2.75) is 11.5 Å². The van der Waals surface area contributed by atoms with Crippen LogP contribution in [0.25, 0.3) is 10.2 Å². The van der Waals surface area contributed by atoms with Gasteiger partial charge >= 0.3 is 6.61 Å². The molecular weight excluding hydrogens is 486 g/mol. The lowest BCUT2D eigenvalue weighted by molar-refractivity contribution is -0.0533. The van der Waals surface area contributed by atoms with Crippen molar-refractivity contribution in [2.75, 3.05) is 18.9 Å². The minimum Gasteiger partial charge on any atom is -0.478 e. The van der Waals surface area contributed by atoms with E-state index in [-0.39, 0.29) is 4.90 Å². The second-order valence-electron chi connectivity index (χ2n) is 4.97. The van der Waals surface area contributed by atoms with Crippen LogP contribution in [0.15, 0.2) is 27.0 Å². The summed E-state index contributed by atoms with van der Waals surface area (Å²) in [5.74, 6) is -1.85. The molecule has 0 bridgehead atoms. The number of thiophene rings is 1. The van der Waals surface area contributed by atoms with Gasteiger partial charge < -0.3 is 14.2 Å². The van der Waals surface area contributed by atoms with E-state index in [0.717, 1.165) is 25.6 Å². The molecule has 14 heteroatoms. The molecule has 0 atom stereocenters. The third kappa shape index (κ3) is 4.07. The van der Waals surface area contributed by atoms with Crippen LogP contribution in [0.3, 0.4) is 0 Å². The van der Waals surface area contributed by atoms with Crippen LogP contribution in [0.5, 0.6) is 17.5 Å². The number of sulfonamides is 1. The summed E-state index contributed by atoms with van der Waals surface area (Å²) in [6.07, 6.45) is 0. The van der Waals surface area contributed by atoms with Gasteiger partial charge in [0, 0.05) is 10.8 Å². The largest absolute Gasteiger partial charge is 0.478 e. The maximum Gasteiger partial charge on any atom is 0.387 e. The van der Waals surface area contributed by atoms with Crippen molar-refractivity contribution >= 4 is 53.5 Å². The normalized spacial score (nSPS) is 11.6. The Hall–Kier alpha value is -2.32. The van der Waals surface area contributed by atoms with Crippen molar-refractivity contribution in [3.05, 3.63) is 22.1 Å². The molecule has 0 unspecified atom stereocenters. The van der Waals surface area contributed by atoms with E-state index in [2.05, 4.69) is 40.3 Å². The molecular formula is C14H11BrF2N4O5S2. The molecule has 28 heavy (non-hydrogen) atoms. The molecule has 0 aromatic carbocycles. The number of alkyl halides is 2. The van der Waals surface area contributed by atoms with Crippen molar-refractivity contribution in [1.29, 1.82) is 0 Å². The summed E-state index contributed by atoms with van der Waals surface area (Å²) in [6, 6.07) is 3.20. The van der Waals surface area contributed by atoms with E-state index >= 15 is 0 Å². The molecule has 0 fully saturated rings. The van der Waals surface area contributed by atoms with Crippen molar-refractivity contribution in [3.63, 3.8) is 0 Å². The van der Waals surface area contributed by atoms with E-state index in [9.17, 15) is 17.2 Å². The Kier molecular flexibility index (Phi) is 5.81. The number of nitrogens with one attached hydrogen (secondary N) is 1. The van der Waals surface area contributed by atoms with Crippen LogP contribution in [-0.4, -0.2) is 44.2 Å². The van der Waals surface area contributed by atoms with Gasteiger partial charge in [-0.1, -0.05) is 0 Å². The summed E-state index contributed by atoms with van der Waals surface area (Å²) in [5, 5.41) is 1.81. The first-order valence-corrected chi connectivity index (χ1v) is 10.4. The van der Waals surface area contributed by atoms with Crippen molar-refractivity contribution in [2.24, 2.45) is 0 Å². The van der Waals surface area contributed by atoms with Gasteiger partial charge in [0.25, 0.3) is 21.8 Å². The molecule has 3 aromatic heterocycles. The number of nitrogens with zero attached hydrogens (tertiary/aromatic N) is 3. The minimum atomic E-state index is -4.12. The molecule has 150 valence electrons. The zero-order valence-corrected chi connectivity index (χ0v) is 17.4. The van der Waals surface area contributed by atoms with Gasteiger partial charge in [0.2, 0.25) is 11.7 Å². The van der Waals surface area contributed by atoms with Gasteiger partial charge in [-0.25, -0.2) is 18.1 Å². The van der Waals surface area contributed by atoms with E-state index in [0.29, 0.717) is 14.8 Å². The molecule has 3 heterocycles. The predicted octanol–water partition coefficient (Wildman–Crippen LogP) is 3.27. The Morgan fingerprint density at radius 3 is 2.36 bits per heavy atom. The van der Waals surface area contributed by atoms with Gasteiger partial charge in [-0.3, -0.25) is 0 Å². The Morgan fingerprint density at radius 2 is 1.79 bits per heavy atom. The van der Waals surface area contributed by atoms with Crippen LogP contribution in [0.1, 0.15) is 0 Å². The van der Waals surface area contributed by atoms with Crippen LogP contribution in [0.4, 0.5) is 14.7 Å². The lowest BCUT2D eigenvalue weighted by Crippen LogP contribution is -2.16. The first kappa shape index (κ1) is 20.4. The minimum absolute atomic E-state index is 0.0399. The molecule has 9 nitrogen and oxygen atoms in total. The Bertz CT molecular complexity index is 1100. The van der Waals surface area contributed by atoms with E-state index < -0.39 is 40.1 Å². The lowest BCUT2D eigenvalue weighted by atomic mass is 10.3. The maximum atomic E-state index is 12.8. The Balaban J connectivity index is 2.01. The van der Waals surface area contributed by atoms with E-state index in [1.54, 1.807) is 12.1 Å². The van der Waals surface area contributed by atoms with Crippen LogP contribution in [0.2, 0.25) is 0 Å². The van der Waals surface area contributed by atoms with Gasteiger partial charge in [0.1, 0.15) is 14.3 Å². The number of pyridine rings is 1. The second kappa shape index (κ2) is 7.97. The van der Waals surface area contributed by atoms with E-state index in [4.69, 9.17) is 9.47 Å². The number of aromatic nitrogens is 3. The summed E-state index contributed by atoms with van der Waals surface area (Å²) in [7, 11) is -1.82. The third-order valence-corrected chi connectivity index (χ3v) is 6.13. The highest BCUT2D eigenvalue weighted by atomic mass is 79.9. The molecule has 0 aliphatic heterocycles. The number of methoxy groups -OCH3 is 2. The molecule has 3 rings (SSSR count). The average molecular weight is 497 g/mol. The number of halogens is 3. The molecule has 1 N–H and O–H groups in total. The fourth-order valence-corrected chi connectivity index (χ4v) is 5.01. The highest BCUT2D eigenvalue weighted by Gasteiger charge is 2.25. The van der Waals surface area contributed by atoms with Gasteiger partial charge in [-0.15, -0.1) is 11.3 Å². The fraction of sp³-hybridized carbons (Fsp3) is 0.214. The lowest BCUT2D eigenvalue weighted by Gasteiger charge is -2.14. The van der Waals surface area contributed by atoms with Crippen LogP contribution in [-0.2, 0) is 10.0 Å². The van der Waals surface area contributed by atoms with Crippen LogP contribution in [0, 0.1) is 0 Å². The quantitative estimate of drug-likeness (QED) is 0.495. The molecule has 0 aliphatic carbocycles. The predicted molar refractivity (Wildman–Crippen MR) is 99.9 cm³/mol. The van der Waals surface area contributed by atoms with E-state index in [1.165, 1.54) is 5.38 Å². The SMILES string of the molecule is COc1nc(NS(=O)(=O)c2csc3nc(Br)ccc23)nc(OC)c1OC(F)F. The number of hydrogen-bond acceptors (Lipinski definition) is 9. The van der Waals surface area contributed by atoms with Gasteiger partial charge in [0.05, 0.1) is 14.2 Å². The first-order chi connectivity index (χ1) is 13.2. The zero-order valence-electron chi connectivity index (χ0n) is 14.1. The average Bonchev–Trinajstić information content (AvgIpc) is 3.05. The number of hydrogen-bond donors (Lipinski definition) is 1. The molecule has 0 saturated carbocycles. The topological polar surface area (TPSA) is 113 Å². The summed E-state index contributed by atoms with van der Waals surface area (Å²) in [4.78, 5) is 12.2. The Morgan fingerprint density at radius 1 is 1.14 bits per heavy atom. The second-order valence-corrected chi connectivity index (χ2v) is 8.29. The number of ether oxygens (including phenoxy) is 3. The molecule has 0 saturated heterocycles. The standard InChI is InChI=1S/C14H11BrF2N4O5S2/c1-24-10-9(26-13(16)17)11(25-2)20-14(19-10)21-28(22,23)7-5-27-12-6(7)3-4-8(15)18-12/h3-5,13H,1-2H3,(H,19,20,21). The number of rotatable bonds is 7. The fourth-order valence-electron chi connectivity index (χ4n) is 2.17. The summed E-state index contributed by atoms with van der Waals surface area (Å²) in [5.41, 5.74) is 0. The van der Waals surface area contributed by atoms with Crippen molar-refractivity contribution in [1.82, 2.24) is 15.0 Å². The molecule has 0 spiro atoms. The van der Waals surface area contributed by atoms with Gasteiger partial charge in [0.15, 0.2) is 0 Å². The maximum absolute atomic E-state index is 12.8. The monoisotopic (exact) mass is 496 g/mol. The number of anilines is 1. The van der Waals surface area contributed by atoms with Crippen LogP contribution < -0.4 is 18.9 Å². The van der Waals surface area contributed by atoms with Crippen LogP contribution >= 0.6 is 27.3 Å². The highest BCUT2D eigenvalue weighted by Crippen LogP contribution is 2.37. The van der Waals surface area contributed by atoms with Gasteiger partial charge in [-0.2, -0.15) is 18.7 Å². The van der Waals surface area contributed by atoms with Crippen molar-refractivity contribution in [3.8, 4) is 17.5 Å². The molecule has 0 amide bonds. The number of fused-ring (bicyclic) bond motifs is 1. The van der Waals surface area contributed by atoms with Gasteiger partial charge in [-0.05, 0) is 28.1 Å². The highest BCUT2D eigenvalue weighted by molar-refractivity contribution is 9.10. The zero-order chi connectivity index (χ0) is 20.5. The Labute approximate surface area is 169 Å². The van der Waals surface area contributed by atoms with E-state index in [1.807, 2.05) is 0 Å². The summed E-state index contributed by atoms with van der Waals surface area (Å²) in [6.45, 7) is -3.18. The first-order valence-electron chi connectivity index (χ1n) is 7.26. The molecule has 3 aromatic rings. The third-order valence-electron chi connectivity index (χ3n) is 3.28. The van der Waals surface area contributed by atoms with Crippen molar-refractivity contribution < 1.29 is 31.4 Å². The summed E-state index contributed by atoms with van der Waals surface area (Å²) >= 11 is 4.36. The molecule has 0 radical (unpaired) electrons. The smallest absolute Gasteiger partial charge is 0.387 e. The molecule has 0 aliphatic rings. The summed E-state index contributed by atoms with van der Waals surface area (Å²) < 4.78 is 67.5.